The molecule has 0 radical (unpaired) electrons. The van der Waals surface area contributed by atoms with Crippen LogP contribution in [0.5, 0.6) is 5.75 Å². The lowest BCUT2D eigenvalue weighted by Crippen LogP contribution is -2.74. The molecule has 2 aromatic heterocycles. The zero-order valence-corrected chi connectivity index (χ0v) is 41.8. The van der Waals surface area contributed by atoms with Crippen molar-refractivity contribution < 1.29 is 29.0 Å². The van der Waals surface area contributed by atoms with E-state index in [1.807, 2.05) is 55.1 Å². The number of thiazole rings is 1. The van der Waals surface area contributed by atoms with Crippen molar-refractivity contribution in [3.05, 3.63) is 123 Å². The number of hydrogen-bond acceptors (Lipinski definition) is 11. The first-order chi connectivity index (χ1) is 32.5. The van der Waals surface area contributed by atoms with Crippen molar-refractivity contribution >= 4 is 46.4 Å². The van der Waals surface area contributed by atoms with Gasteiger partial charge < -0.3 is 25.8 Å². The predicted octanol–water partition coefficient (Wildman–Crippen LogP) is 7.23. The molecule has 0 spiro atoms. The van der Waals surface area contributed by atoms with Crippen LogP contribution in [0.3, 0.4) is 0 Å². The van der Waals surface area contributed by atoms with Crippen LogP contribution in [0, 0.1) is 46.3 Å². The first-order valence-electron chi connectivity index (χ1n) is 22.9. The van der Waals surface area contributed by atoms with Gasteiger partial charge in [0.1, 0.15) is 30.2 Å². The summed E-state index contributed by atoms with van der Waals surface area (Å²) in [5.41, 5.74) is 10.1. The second-order valence-corrected chi connectivity index (χ2v) is 22.0. The fraction of sp³-hybridized carbons (Fsp3) is 0.415. The molecule has 358 valence electrons. The molecule has 0 bridgehead atoms. The number of carbonyl (C=O) groups is 4. The number of primary amides is 1. The number of β-amino-alcohol motifs (C(OH)–C–C–N with tert-alkyl or cyclic N) is 1. The third-order valence-corrected chi connectivity index (χ3v) is 15.4. The van der Waals surface area contributed by atoms with Crippen LogP contribution in [-0.2, 0) is 27.5 Å². The van der Waals surface area contributed by atoms with Crippen molar-refractivity contribution in [1.82, 2.24) is 29.9 Å². The Labute approximate surface area is 411 Å². The number of ether oxygens (including phenoxy) is 1. The summed E-state index contributed by atoms with van der Waals surface area (Å²) in [7, 11) is 0. The van der Waals surface area contributed by atoms with Crippen LogP contribution >= 0.6 is 22.9 Å². The second kappa shape index (κ2) is 18.2. The highest BCUT2D eigenvalue weighted by molar-refractivity contribution is 7.13. The minimum Gasteiger partial charge on any atom is -0.489 e. The Hall–Kier alpha value is -6.36. The number of benzene rings is 3. The third-order valence-electron chi connectivity index (χ3n) is 14.2. The third kappa shape index (κ3) is 8.94. The lowest BCUT2D eigenvalue weighted by molar-refractivity contribution is -0.199. The summed E-state index contributed by atoms with van der Waals surface area (Å²) in [6.07, 6.45) is 0.161. The topological polar surface area (TPSA) is 197 Å². The monoisotopic (exact) mass is 968 g/mol. The van der Waals surface area contributed by atoms with Crippen LogP contribution in [-0.4, -0.2) is 89.6 Å². The number of ketones is 1. The number of nitrogens with two attached hydrogens (primary N) is 1. The van der Waals surface area contributed by atoms with Gasteiger partial charge in [-0.3, -0.25) is 28.8 Å². The van der Waals surface area contributed by atoms with E-state index in [1.54, 1.807) is 79.0 Å². The molecule has 3 aliphatic rings. The normalized spacial score (nSPS) is 22.4. The molecular weight excluding hydrogens is 912 g/mol. The van der Waals surface area contributed by atoms with Crippen molar-refractivity contribution in [2.24, 2.45) is 22.0 Å². The second-order valence-electron chi connectivity index (χ2n) is 20.8. The average molecular weight is 970 g/mol. The zero-order chi connectivity index (χ0) is 50.0. The molecule has 0 unspecified atom stereocenters. The van der Waals surface area contributed by atoms with Gasteiger partial charge in [0.15, 0.2) is 11.3 Å². The van der Waals surface area contributed by atoms with E-state index < -0.39 is 57.6 Å². The molecule has 4 heterocycles. The fourth-order valence-electron chi connectivity index (χ4n) is 11.2. The molecule has 1 saturated heterocycles. The number of halogens is 1. The zero-order valence-electron chi connectivity index (χ0n) is 40.3. The molecule has 1 aliphatic carbocycles. The highest BCUT2D eigenvalue weighted by Crippen LogP contribution is 2.59. The van der Waals surface area contributed by atoms with E-state index in [0.29, 0.717) is 39.7 Å². The summed E-state index contributed by atoms with van der Waals surface area (Å²) >= 11 is 7.84. The standard InChI is InChI=1S/C53H57ClN8O6S/c1-30-43(69-29-57-30)34-14-12-33(13-15-34)31(2)62-27-38(63)24-53(62,49(56)67)45(65)44(50(3,4)5)58-42(64)28-60-21-20-37(59-60)17-10-32-11-19-40-36(22-32)26-61(46(40)66)47-51(6,7)48(52(47,8)9)68-39-18-16-35(25-55)41(54)23-39/h11-16,18-23,29,31,38,44,47-48,63H,24,26-28H2,1-9H3,(H2,56,67)(H,58,64)/t31-,38-,44+,47?,48?,53-/m0/s1. The number of hydrogen-bond donors (Lipinski definition) is 3. The number of fused-ring (bicyclic) bond motifs is 1. The average Bonchev–Trinajstić information content (AvgIpc) is 4.09. The maximum absolute atomic E-state index is 14.9. The molecular formula is C53H57ClN8O6S. The SMILES string of the molecule is Cc1ncsc1-c1ccc([C@H](C)N2C[C@@H](O)C[C@@]2(C(N)=O)C(=O)[C@@H](NC(=O)Cn2ccc(C#Cc3ccc4c(c3)CN(C3C(C)(C)C(Oc5ccc(C#N)c(Cl)c5)C3(C)C)C4=O)n2)C(C)(C)C)cc1. The Balaban J connectivity index is 0.929. The van der Waals surface area contributed by atoms with E-state index >= 15 is 0 Å². The Morgan fingerprint density at radius 2 is 1.75 bits per heavy atom. The number of aliphatic hydroxyl groups is 1. The number of nitrogens with one attached hydrogen (secondary N) is 1. The number of nitrogens with zero attached hydrogens (tertiary/aromatic N) is 6. The summed E-state index contributed by atoms with van der Waals surface area (Å²) < 4.78 is 7.89. The molecule has 4 N–H and O–H groups in total. The largest absolute Gasteiger partial charge is 0.489 e. The number of aryl methyl sites for hydroxylation is 1. The lowest BCUT2D eigenvalue weighted by atomic mass is 9.49. The number of rotatable bonds is 12. The van der Waals surface area contributed by atoms with Gasteiger partial charge in [-0.1, -0.05) is 90.3 Å². The van der Waals surface area contributed by atoms with E-state index in [1.165, 1.54) is 4.68 Å². The number of nitriles is 1. The highest BCUT2D eigenvalue weighted by atomic mass is 35.5. The lowest BCUT2D eigenvalue weighted by Gasteiger charge is -2.65. The molecule has 2 fully saturated rings. The minimum absolute atomic E-state index is 0.0302. The molecule has 1 saturated carbocycles. The van der Waals surface area contributed by atoms with Gasteiger partial charge in [-0.25, -0.2) is 4.98 Å². The van der Waals surface area contributed by atoms with Gasteiger partial charge in [0, 0.05) is 65.8 Å². The smallest absolute Gasteiger partial charge is 0.254 e. The molecule has 2 aliphatic heterocycles. The van der Waals surface area contributed by atoms with Gasteiger partial charge in [-0.2, -0.15) is 10.4 Å². The molecule has 16 heteroatoms. The van der Waals surface area contributed by atoms with Gasteiger partial charge in [-0.15, -0.1) is 11.3 Å². The van der Waals surface area contributed by atoms with Crippen LogP contribution in [0.25, 0.3) is 10.4 Å². The van der Waals surface area contributed by atoms with E-state index in [0.717, 1.165) is 27.3 Å². The first kappa shape index (κ1) is 49.1. The van der Waals surface area contributed by atoms with Crippen molar-refractivity contribution in [3.63, 3.8) is 0 Å². The maximum Gasteiger partial charge on any atom is 0.254 e. The summed E-state index contributed by atoms with van der Waals surface area (Å²) in [6, 6.07) is 20.4. The Morgan fingerprint density at radius 3 is 2.38 bits per heavy atom. The fourth-order valence-corrected chi connectivity index (χ4v) is 12.3. The van der Waals surface area contributed by atoms with Crippen LogP contribution in [0.1, 0.15) is 112 Å². The highest BCUT2D eigenvalue weighted by Gasteiger charge is 2.67. The molecule has 8 rings (SSSR count). The van der Waals surface area contributed by atoms with Crippen LogP contribution < -0.4 is 15.8 Å². The van der Waals surface area contributed by atoms with Gasteiger partial charge in [-0.05, 0) is 78.3 Å². The van der Waals surface area contributed by atoms with Crippen molar-refractivity contribution in [2.75, 3.05) is 6.54 Å². The summed E-state index contributed by atoms with van der Waals surface area (Å²) in [5, 5.41) is 28.1. The van der Waals surface area contributed by atoms with E-state index in [-0.39, 0.29) is 37.6 Å². The van der Waals surface area contributed by atoms with Crippen LogP contribution in [0.2, 0.25) is 5.02 Å². The van der Waals surface area contributed by atoms with Crippen molar-refractivity contribution in [3.8, 4) is 34.1 Å². The summed E-state index contributed by atoms with van der Waals surface area (Å²) in [6.45, 7) is 17.8. The quantitative estimate of drug-likeness (QED) is 0.0848. The summed E-state index contributed by atoms with van der Waals surface area (Å²) in [5.74, 6) is 4.74. The first-order valence-corrected chi connectivity index (χ1v) is 24.2. The Morgan fingerprint density at radius 1 is 1.04 bits per heavy atom. The number of Topliss-reactive ketones (excluding diaryl/α,β-unsaturated/α-hetero) is 1. The van der Waals surface area contributed by atoms with E-state index in [2.05, 4.69) is 61.0 Å². The van der Waals surface area contributed by atoms with Gasteiger partial charge in [0.2, 0.25) is 11.8 Å². The molecule has 69 heavy (non-hydrogen) atoms. The predicted molar refractivity (Wildman–Crippen MR) is 263 cm³/mol. The van der Waals surface area contributed by atoms with Crippen LogP contribution in [0.15, 0.2) is 78.4 Å². The number of aromatic nitrogens is 3. The molecule has 14 nitrogen and oxygen atoms in total. The minimum atomic E-state index is -1.90. The van der Waals surface area contributed by atoms with Gasteiger partial charge in [0.25, 0.3) is 5.91 Å². The summed E-state index contributed by atoms with van der Waals surface area (Å²) in [4.78, 5) is 65.1. The van der Waals surface area contributed by atoms with Crippen LogP contribution in [0.4, 0.5) is 0 Å². The number of aliphatic hydroxyl groups excluding tert-OH is 1. The molecule has 5 aromatic rings. The van der Waals surface area contributed by atoms with E-state index in [9.17, 15) is 29.5 Å². The number of likely N-dealkylation sites (tertiary alicyclic amines) is 1. The molecule has 3 amide bonds. The molecule has 3 aromatic carbocycles. The number of carbonyl (C=O) groups excluding carboxylic acids is 4. The van der Waals surface area contributed by atoms with Gasteiger partial charge in [0.05, 0.1) is 38.8 Å². The molecule has 4 atom stereocenters. The Kier molecular flexibility index (Phi) is 12.9. The number of amides is 3. The van der Waals surface area contributed by atoms with Gasteiger partial charge >= 0.3 is 0 Å². The Bertz CT molecular complexity index is 2960. The van der Waals surface area contributed by atoms with E-state index in [4.69, 9.17) is 22.1 Å². The van der Waals surface area contributed by atoms with Crippen molar-refractivity contribution in [2.45, 2.75) is 118 Å². The maximum atomic E-state index is 14.9. The van der Waals surface area contributed by atoms with Crippen molar-refractivity contribution in [1.29, 1.82) is 5.26 Å².